The Balaban J connectivity index is 0.00000625. The maximum absolute atomic E-state index is 5.71. The van der Waals surface area contributed by atoms with Crippen LogP contribution in [0.2, 0.25) is 0 Å². The molecule has 0 amide bonds. The van der Waals surface area contributed by atoms with E-state index in [4.69, 9.17) is 14.2 Å². The van der Waals surface area contributed by atoms with E-state index in [0.717, 1.165) is 30.4 Å². The number of halogens is 1. The summed E-state index contributed by atoms with van der Waals surface area (Å²) in [4.78, 5) is 4.24. The van der Waals surface area contributed by atoms with Crippen molar-refractivity contribution in [1.29, 1.82) is 0 Å². The maximum Gasteiger partial charge on any atom is 0.191 e. The van der Waals surface area contributed by atoms with Gasteiger partial charge in [0.2, 0.25) is 0 Å². The molecule has 0 saturated carbocycles. The zero-order chi connectivity index (χ0) is 18.7. The van der Waals surface area contributed by atoms with Crippen LogP contribution in [-0.2, 0) is 4.74 Å². The van der Waals surface area contributed by atoms with Crippen LogP contribution in [0.25, 0.3) is 0 Å². The summed E-state index contributed by atoms with van der Waals surface area (Å²) < 4.78 is 16.4. The van der Waals surface area contributed by atoms with Gasteiger partial charge in [-0.25, -0.2) is 0 Å². The lowest BCUT2D eigenvalue weighted by Crippen LogP contribution is -2.45. The SMILES string of the molecule is CN=C(NCCCOc1ccc(OC)cc1)NCC(OC)C(C)(C)C.I. The topological polar surface area (TPSA) is 64.1 Å². The van der Waals surface area contributed by atoms with E-state index >= 15 is 0 Å². The number of benzene rings is 1. The first-order valence-corrected chi connectivity index (χ1v) is 8.65. The molecule has 0 aliphatic rings. The van der Waals surface area contributed by atoms with Crippen LogP contribution in [0, 0.1) is 5.41 Å². The number of guanidine groups is 1. The first-order valence-electron chi connectivity index (χ1n) is 8.65. The van der Waals surface area contributed by atoms with E-state index in [1.807, 2.05) is 24.3 Å². The first-order chi connectivity index (χ1) is 11.9. The summed E-state index contributed by atoms with van der Waals surface area (Å²) in [5, 5.41) is 6.60. The molecule has 2 N–H and O–H groups in total. The molecule has 1 atom stereocenters. The van der Waals surface area contributed by atoms with Crippen molar-refractivity contribution in [2.45, 2.75) is 33.3 Å². The van der Waals surface area contributed by atoms with Gasteiger partial charge >= 0.3 is 0 Å². The number of methoxy groups -OCH3 is 2. The number of hydrogen-bond donors (Lipinski definition) is 2. The van der Waals surface area contributed by atoms with Gasteiger partial charge in [0.15, 0.2) is 5.96 Å². The third-order valence-electron chi connectivity index (χ3n) is 3.87. The number of nitrogens with zero attached hydrogens (tertiary/aromatic N) is 1. The molecule has 0 spiro atoms. The molecule has 26 heavy (non-hydrogen) atoms. The van der Waals surface area contributed by atoms with E-state index in [1.165, 1.54) is 0 Å². The maximum atomic E-state index is 5.71. The number of ether oxygens (including phenoxy) is 3. The highest BCUT2D eigenvalue weighted by molar-refractivity contribution is 14.0. The molecule has 7 heteroatoms. The van der Waals surface area contributed by atoms with Crippen molar-refractivity contribution >= 4 is 29.9 Å². The molecule has 0 radical (unpaired) electrons. The van der Waals surface area contributed by atoms with Crippen LogP contribution in [0.1, 0.15) is 27.2 Å². The van der Waals surface area contributed by atoms with Crippen LogP contribution in [-0.4, -0.2) is 53.0 Å². The summed E-state index contributed by atoms with van der Waals surface area (Å²) >= 11 is 0. The Bertz CT molecular complexity index is 516. The average molecular weight is 479 g/mol. The van der Waals surface area contributed by atoms with Gasteiger partial charge in [0, 0.05) is 27.2 Å². The smallest absolute Gasteiger partial charge is 0.191 e. The van der Waals surface area contributed by atoms with Crippen molar-refractivity contribution in [2.75, 3.05) is 41.0 Å². The Morgan fingerprint density at radius 1 is 1.08 bits per heavy atom. The molecule has 0 aliphatic heterocycles. The summed E-state index contributed by atoms with van der Waals surface area (Å²) in [6, 6.07) is 7.59. The number of hydrogen-bond acceptors (Lipinski definition) is 4. The Hall–Kier alpha value is -1.22. The minimum Gasteiger partial charge on any atom is -0.497 e. The molecule has 150 valence electrons. The van der Waals surface area contributed by atoms with E-state index < -0.39 is 0 Å². The fourth-order valence-electron chi connectivity index (χ4n) is 2.29. The van der Waals surface area contributed by atoms with Crippen molar-refractivity contribution in [1.82, 2.24) is 10.6 Å². The van der Waals surface area contributed by atoms with Crippen LogP contribution in [0.5, 0.6) is 11.5 Å². The molecule has 0 heterocycles. The predicted molar refractivity (Wildman–Crippen MR) is 118 cm³/mol. The van der Waals surface area contributed by atoms with Crippen LogP contribution >= 0.6 is 24.0 Å². The van der Waals surface area contributed by atoms with Crippen molar-refractivity contribution in [3.8, 4) is 11.5 Å². The van der Waals surface area contributed by atoms with E-state index in [-0.39, 0.29) is 35.5 Å². The fourth-order valence-corrected chi connectivity index (χ4v) is 2.29. The summed E-state index contributed by atoms with van der Waals surface area (Å²) in [6.07, 6.45) is 0.990. The minimum atomic E-state index is 0. The second kappa shape index (κ2) is 13.0. The van der Waals surface area contributed by atoms with Crippen molar-refractivity contribution < 1.29 is 14.2 Å². The zero-order valence-electron chi connectivity index (χ0n) is 16.8. The van der Waals surface area contributed by atoms with Gasteiger partial charge in [-0.2, -0.15) is 0 Å². The summed E-state index contributed by atoms with van der Waals surface area (Å²) in [7, 11) is 5.16. The van der Waals surface area contributed by atoms with Crippen LogP contribution in [0.15, 0.2) is 29.3 Å². The largest absolute Gasteiger partial charge is 0.497 e. The van der Waals surface area contributed by atoms with E-state index in [9.17, 15) is 0 Å². The Morgan fingerprint density at radius 3 is 2.19 bits per heavy atom. The Morgan fingerprint density at radius 2 is 1.69 bits per heavy atom. The van der Waals surface area contributed by atoms with Gasteiger partial charge in [-0.05, 0) is 36.1 Å². The van der Waals surface area contributed by atoms with E-state index in [0.29, 0.717) is 13.2 Å². The molecule has 1 aromatic rings. The summed E-state index contributed by atoms with van der Waals surface area (Å²) in [5.74, 6) is 2.45. The Labute approximate surface area is 175 Å². The highest BCUT2D eigenvalue weighted by Gasteiger charge is 2.24. The lowest BCUT2D eigenvalue weighted by Gasteiger charge is -2.30. The number of aliphatic imine (C=N–C) groups is 1. The molecule has 1 rings (SSSR count). The molecule has 6 nitrogen and oxygen atoms in total. The van der Waals surface area contributed by atoms with E-state index in [2.05, 4.69) is 36.4 Å². The van der Waals surface area contributed by atoms with Gasteiger partial charge in [-0.1, -0.05) is 20.8 Å². The minimum absolute atomic E-state index is 0. The highest BCUT2D eigenvalue weighted by atomic mass is 127. The Kier molecular flexibility index (Phi) is 12.4. The monoisotopic (exact) mass is 479 g/mol. The third-order valence-corrected chi connectivity index (χ3v) is 3.87. The van der Waals surface area contributed by atoms with Gasteiger partial charge in [0.1, 0.15) is 11.5 Å². The highest BCUT2D eigenvalue weighted by Crippen LogP contribution is 2.21. The van der Waals surface area contributed by atoms with Gasteiger partial charge < -0.3 is 24.8 Å². The average Bonchev–Trinajstić information content (AvgIpc) is 2.59. The molecule has 0 saturated heterocycles. The molecule has 0 bridgehead atoms. The molecule has 0 fully saturated rings. The molecule has 1 unspecified atom stereocenters. The summed E-state index contributed by atoms with van der Waals surface area (Å²) in [6.45, 7) is 8.62. The predicted octanol–water partition coefficient (Wildman–Crippen LogP) is 3.31. The molecule has 0 aromatic heterocycles. The second-order valence-electron chi connectivity index (χ2n) is 6.85. The van der Waals surface area contributed by atoms with Crippen molar-refractivity contribution in [3.05, 3.63) is 24.3 Å². The van der Waals surface area contributed by atoms with Crippen LogP contribution in [0.3, 0.4) is 0 Å². The number of rotatable bonds is 9. The van der Waals surface area contributed by atoms with Crippen LogP contribution in [0.4, 0.5) is 0 Å². The first kappa shape index (κ1) is 24.8. The zero-order valence-corrected chi connectivity index (χ0v) is 19.1. The van der Waals surface area contributed by atoms with Crippen molar-refractivity contribution in [3.63, 3.8) is 0 Å². The van der Waals surface area contributed by atoms with Gasteiger partial charge in [0.25, 0.3) is 0 Å². The lowest BCUT2D eigenvalue weighted by atomic mass is 9.89. The fraction of sp³-hybridized carbons (Fsp3) is 0.632. The quantitative estimate of drug-likeness (QED) is 0.246. The van der Waals surface area contributed by atoms with Gasteiger partial charge in [-0.15, -0.1) is 24.0 Å². The van der Waals surface area contributed by atoms with Gasteiger partial charge in [-0.3, -0.25) is 4.99 Å². The summed E-state index contributed by atoms with van der Waals surface area (Å²) in [5.41, 5.74) is 0.0762. The van der Waals surface area contributed by atoms with Crippen molar-refractivity contribution in [2.24, 2.45) is 10.4 Å². The number of nitrogens with one attached hydrogen (secondary N) is 2. The van der Waals surface area contributed by atoms with E-state index in [1.54, 1.807) is 21.3 Å². The van der Waals surface area contributed by atoms with Crippen LogP contribution < -0.4 is 20.1 Å². The molecular weight excluding hydrogens is 445 g/mol. The third kappa shape index (κ3) is 9.47. The molecule has 1 aromatic carbocycles. The molecular formula is C19H34IN3O3. The normalized spacial score (nSPS) is 12.8. The standard InChI is InChI=1S/C19H33N3O3.HI/c1-19(2,3)17(24-6)14-22-18(20-4)21-12-7-13-25-16-10-8-15(23-5)9-11-16;/h8-11,17H,7,12-14H2,1-6H3,(H2,20,21,22);1H. The second-order valence-corrected chi connectivity index (χ2v) is 6.85. The lowest BCUT2D eigenvalue weighted by molar-refractivity contribution is 0.0205. The van der Waals surface area contributed by atoms with Gasteiger partial charge in [0.05, 0.1) is 19.8 Å². The molecule has 0 aliphatic carbocycles.